The van der Waals surface area contributed by atoms with Gasteiger partial charge in [-0.2, -0.15) is 4.90 Å². The van der Waals surface area contributed by atoms with Crippen LogP contribution in [0, 0.1) is 0 Å². The SMILES string of the molecule is CCCCCCCCCCCCCCCCOC(=O)CC[C@H](NC(=O)[C@@](CCCN=C(N)N)(C(=O)OC(C)(C)C)N(C(=O)OC(C)(C)C)C(=O)OC(C)(C)C)C(=O)OCCCCCCCCCCCCCCCC. The van der Waals surface area contributed by atoms with E-state index in [-0.39, 0.29) is 45.0 Å². The van der Waals surface area contributed by atoms with Gasteiger partial charge >= 0.3 is 30.1 Å². The molecule has 0 rings (SSSR count). The Balaban J connectivity index is 6.36. The zero-order chi connectivity index (χ0) is 55.9. The molecule has 0 saturated carbocycles. The van der Waals surface area contributed by atoms with Crippen LogP contribution in [0.5, 0.6) is 0 Å². The lowest BCUT2D eigenvalue weighted by atomic mass is 9.89. The van der Waals surface area contributed by atoms with E-state index in [1.165, 1.54) is 122 Å². The van der Waals surface area contributed by atoms with E-state index in [0.29, 0.717) is 17.7 Å². The third kappa shape index (κ3) is 36.0. The fourth-order valence-electron chi connectivity index (χ4n) is 8.43. The summed E-state index contributed by atoms with van der Waals surface area (Å²) in [7, 11) is 0. The highest BCUT2D eigenvalue weighted by molar-refractivity contribution is 6.14. The molecule has 0 spiro atoms. The van der Waals surface area contributed by atoms with Crippen molar-refractivity contribution in [1.82, 2.24) is 10.2 Å². The van der Waals surface area contributed by atoms with Gasteiger partial charge in [-0.3, -0.25) is 14.6 Å². The highest BCUT2D eigenvalue weighted by atomic mass is 16.6. The van der Waals surface area contributed by atoms with E-state index in [1.54, 1.807) is 62.3 Å². The summed E-state index contributed by atoms with van der Waals surface area (Å²) in [5.74, 6) is -4.31. The zero-order valence-electron chi connectivity index (χ0n) is 48.9. The lowest BCUT2D eigenvalue weighted by Gasteiger charge is -2.41. The number of hydrogen-bond acceptors (Lipinski definition) is 12. The van der Waals surface area contributed by atoms with Crippen molar-refractivity contribution in [2.24, 2.45) is 16.5 Å². The molecule has 432 valence electrons. The van der Waals surface area contributed by atoms with Crippen LogP contribution >= 0.6 is 0 Å². The van der Waals surface area contributed by atoms with Gasteiger partial charge < -0.3 is 40.5 Å². The van der Waals surface area contributed by atoms with Crippen molar-refractivity contribution in [1.29, 1.82) is 0 Å². The number of imide groups is 1. The molecular formula is C58H109N5O11. The van der Waals surface area contributed by atoms with E-state index in [0.717, 1.165) is 44.9 Å². The molecular weight excluding hydrogens is 943 g/mol. The average Bonchev–Trinajstić information content (AvgIpc) is 3.29. The van der Waals surface area contributed by atoms with Crippen molar-refractivity contribution < 1.29 is 52.5 Å². The Hall–Kier alpha value is -4.11. The first-order valence-electron chi connectivity index (χ1n) is 29.1. The van der Waals surface area contributed by atoms with Crippen molar-refractivity contribution in [3.05, 3.63) is 0 Å². The number of carbonyl (C=O) groups is 6. The first-order chi connectivity index (χ1) is 34.9. The minimum absolute atomic E-state index is 0.0461. The first kappa shape index (κ1) is 69.9. The highest BCUT2D eigenvalue weighted by Gasteiger charge is 2.60. The fraction of sp³-hybridized carbons (Fsp3) is 0.879. The minimum Gasteiger partial charge on any atom is -0.466 e. The van der Waals surface area contributed by atoms with Gasteiger partial charge in [0, 0.05) is 13.0 Å². The van der Waals surface area contributed by atoms with Gasteiger partial charge in [0.05, 0.1) is 13.2 Å². The Labute approximate surface area is 449 Å². The fourth-order valence-corrected chi connectivity index (χ4v) is 8.43. The molecule has 0 radical (unpaired) electrons. The molecule has 16 heteroatoms. The first-order valence-corrected chi connectivity index (χ1v) is 29.1. The summed E-state index contributed by atoms with van der Waals surface area (Å²) in [5, 5.41) is 2.61. The van der Waals surface area contributed by atoms with Crippen LogP contribution in [0.3, 0.4) is 0 Å². The quantitative estimate of drug-likeness (QED) is 0.0129. The number of nitrogens with one attached hydrogen (secondary N) is 1. The maximum atomic E-state index is 15.2. The van der Waals surface area contributed by atoms with Crippen molar-refractivity contribution in [3.8, 4) is 0 Å². The smallest absolute Gasteiger partial charge is 0.421 e. The second-order valence-corrected chi connectivity index (χ2v) is 23.2. The van der Waals surface area contributed by atoms with Gasteiger partial charge in [0.25, 0.3) is 5.91 Å². The van der Waals surface area contributed by atoms with Crippen LogP contribution in [0.1, 0.15) is 282 Å². The molecule has 0 aliphatic heterocycles. The van der Waals surface area contributed by atoms with Gasteiger partial charge in [-0.05, 0) is 94.4 Å². The van der Waals surface area contributed by atoms with Crippen LogP contribution < -0.4 is 16.8 Å². The summed E-state index contributed by atoms with van der Waals surface area (Å²) in [5.41, 5.74) is 4.67. The highest BCUT2D eigenvalue weighted by Crippen LogP contribution is 2.32. The van der Waals surface area contributed by atoms with Gasteiger partial charge in [-0.15, -0.1) is 0 Å². The maximum absolute atomic E-state index is 15.2. The van der Waals surface area contributed by atoms with Crippen LogP contribution in [0.25, 0.3) is 0 Å². The van der Waals surface area contributed by atoms with Gasteiger partial charge in [0.15, 0.2) is 5.96 Å². The number of nitrogens with zero attached hydrogens (tertiary/aromatic N) is 2. The molecule has 16 nitrogen and oxygen atoms in total. The van der Waals surface area contributed by atoms with E-state index >= 15 is 4.79 Å². The summed E-state index contributed by atoms with van der Waals surface area (Å²) >= 11 is 0. The minimum atomic E-state index is -2.86. The van der Waals surface area contributed by atoms with Gasteiger partial charge in [-0.1, -0.05) is 181 Å². The second-order valence-electron chi connectivity index (χ2n) is 23.2. The Kier molecular flexibility index (Phi) is 38.0. The summed E-state index contributed by atoms with van der Waals surface area (Å²) in [6, 6.07) is -1.53. The number of amides is 3. The molecule has 3 amide bonds. The molecule has 0 unspecified atom stereocenters. The standard InChI is InChI=1S/C58H109N5O11/c1-12-14-16-18-20-22-24-26-28-30-32-34-36-38-45-70-48(64)42-41-47(49(65)71-46-39-37-35-33-31-29-27-25-23-21-19-17-15-13-2)62-50(66)58(43-40-44-61-52(59)60,51(67)72-55(3,4)5)63(53(68)73-56(6,7)8)54(69)74-57(9,10)11/h47H,12-46H2,1-11H3,(H,62,66)(H4,59,60,61)/t47-,58-/m0/s1. The molecule has 0 aliphatic rings. The van der Waals surface area contributed by atoms with Crippen LogP contribution in [0.4, 0.5) is 9.59 Å². The number of ether oxygens (including phenoxy) is 5. The topological polar surface area (TPSA) is 228 Å². The summed E-state index contributed by atoms with van der Waals surface area (Å²) in [4.78, 5) is 90.2. The molecule has 0 aliphatic carbocycles. The molecule has 0 saturated heterocycles. The van der Waals surface area contributed by atoms with Crippen LogP contribution in [-0.4, -0.2) is 95.0 Å². The van der Waals surface area contributed by atoms with Crippen molar-refractivity contribution in [2.75, 3.05) is 19.8 Å². The summed E-state index contributed by atoms with van der Waals surface area (Å²) < 4.78 is 28.5. The lowest BCUT2D eigenvalue weighted by Crippen LogP contribution is -2.70. The van der Waals surface area contributed by atoms with E-state index in [4.69, 9.17) is 35.2 Å². The molecule has 0 aromatic heterocycles. The van der Waals surface area contributed by atoms with Gasteiger partial charge in [0.2, 0.25) is 5.54 Å². The third-order valence-electron chi connectivity index (χ3n) is 12.4. The predicted octanol–water partition coefficient (Wildman–Crippen LogP) is 13.6. The van der Waals surface area contributed by atoms with E-state index in [2.05, 4.69) is 24.2 Å². The number of carbonyl (C=O) groups excluding carboxylic acids is 6. The molecule has 0 fully saturated rings. The molecule has 0 aromatic rings. The van der Waals surface area contributed by atoms with E-state index in [9.17, 15) is 24.0 Å². The number of unbranched alkanes of at least 4 members (excludes halogenated alkanes) is 26. The Morgan fingerprint density at radius 3 is 1.19 bits per heavy atom. The summed E-state index contributed by atoms with van der Waals surface area (Å²) in [6.07, 6.45) is 28.8. The molecule has 5 N–H and O–H groups in total. The van der Waals surface area contributed by atoms with Crippen molar-refractivity contribution >= 4 is 42.0 Å². The second kappa shape index (κ2) is 40.2. The van der Waals surface area contributed by atoms with Crippen LogP contribution in [-0.2, 0) is 42.9 Å². The Morgan fingerprint density at radius 1 is 0.486 bits per heavy atom. The number of hydrogen-bond donors (Lipinski definition) is 3. The molecule has 0 bridgehead atoms. The number of nitrogens with two attached hydrogens (primary N) is 2. The van der Waals surface area contributed by atoms with Crippen molar-refractivity contribution in [2.45, 2.75) is 310 Å². The Morgan fingerprint density at radius 2 is 0.838 bits per heavy atom. The lowest BCUT2D eigenvalue weighted by molar-refractivity contribution is -0.174. The molecule has 2 atom stereocenters. The van der Waals surface area contributed by atoms with Crippen molar-refractivity contribution in [3.63, 3.8) is 0 Å². The van der Waals surface area contributed by atoms with Crippen LogP contribution in [0.15, 0.2) is 4.99 Å². The number of rotatable bonds is 42. The zero-order valence-corrected chi connectivity index (χ0v) is 48.9. The predicted molar refractivity (Wildman–Crippen MR) is 297 cm³/mol. The molecule has 0 heterocycles. The summed E-state index contributed by atoms with van der Waals surface area (Å²) in [6.45, 7) is 18.6. The molecule has 74 heavy (non-hydrogen) atoms. The number of aliphatic imine (C=N–C) groups is 1. The van der Waals surface area contributed by atoms with E-state index in [1.807, 2.05) is 0 Å². The third-order valence-corrected chi connectivity index (χ3v) is 12.4. The van der Waals surface area contributed by atoms with E-state index < -0.39 is 70.8 Å². The Bertz CT molecular complexity index is 1550. The van der Waals surface area contributed by atoms with Gasteiger partial charge in [0.1, 0.15) is 22.8 Å². The van der Waals surface area contributed by atoms with Gasteiger partial charge in [-0.25, -0.2) is 19.2 Å². The molecule has 0 aromatic carbocycles. The maximum Gasteiger partial charge on any atom is 0.421 e. The normalized spacial score (nSPS) is 13.0. The van der Waals surface area contributed by atoms with Crippen LogP contribution in [0.2, 0.25) is 0 Å². The average molecular weight is 1050 g/mol. The largest absolute Gasteiger partial charge is 0.466 e. The number of esters is 3. The monoisotopic (exact) mass is 1050 g/mol. The number of guanidine groups is 1.